The highest BCUT2D eigenvalue weighted by molar-refractivity contribution is 9.10. The summed E-state index contributed by atoms with van der Waals surface area (Å²) >= 11 is 3.33. The maximum absolute atomic E-state index is 12.4. The van der Waals surface area contributed by atoms with Gasteiger partial charge in [-0.3, -0.25) is 0 Å². The van der Waals surface area contributed by atoms with Crippen molar-refractivity contribution in [1.29, 1.82) is 0 Å². The van der Waals surface area contributed by atoms with Crippen LogP contribution < -0.4 is 5.32 Å². The van der Waals surface area contributed by atoms with E-state index >= 15 is 0 Å². The van der Waals surface area contributed by atoms with E-state index in [0.717, 1.165) is 5.56 Å². The number of hydrogen-bond acceptors (Lipinski definition) is 3. The number of piperazine rings is 1. The van der Waals surface area contributed by atoms with E-state index in [1.54, 1.807) is 6.07 Å². The summed E-state index contributed by atoms with van der Waals surface area (Å²) in [5, 5.41) is 3.14. The lowest BCUT2D eigenvalue weighted by molar-refractivity contribution is 0.360. The van der Waals surface area contributed by atoms with E-state index in [1.165, 1.54) is 4.31 Å². The number of aryl methyl sites for hydroxylation is 1. The second kappa shape index (κ2) is 6.34. The monoisotopic (exact) mass is 354 g/mol. The van der Waals surface area contributed by atoms with Gasteiger partial charge in [-0.2, -0.15) is 4.31 Å². The lowest BCUT2D eigenvalue weighted by atomic mass is 10.2. The molecule has 4 nitrogen and oxygen atoms in total. The van der Waals surface area contributed by atoms with Gasteiger partial charge in [0.15, 0.2) is 0 Å². The summed E-state index contributed by atoms with van der Waals surface area (Å²) in [6.45, 7) is 4.42. The highest BCUT2D eigenvalue weighted by Crippen LogP contribution is 2.26. The van der Waals surface area contributed by atoms with E-state index in [2.05, 4.69) is 21.2 Å². The van der Waals surface area contributed by atoms with E-state index in [9.17, 15) is 8.42 Å². The van der Waals surface area contributed by atoms with Gasteiger partial charge in [0.1, 0.15) is 0 Å². The van der Waals surface area contributed by atoms with Crippen LogP contribution in [0, 0.1) is 6.92 Å². The number of hydrogen-bond donors (Lipinski definition) is 1. The molecule has 0 saturated carbocycles. The molecule has 2 rings (SSSR count). The molecule has 1 aromatic rings. The van der Waals surface area contributed by atoms with E-state index in [1.807, 2.05) is 19.1 Å². The predicted octanol–water partition coefficient (Wildman–Crippen LogP) is 1.77. The SMILES string of the molecule is Cc1ccc(S(=O)(=O)N2CCNCC2)c(Br)c1.Cl. The van der Waals surface area contributed by atoms with Crippen LogP contribution in [0.5, 0.6) is 0 Å². The number of sulfonamides is 1. The van der Waals surface area contributed by atoms with Crippen molar-refractivity contribution in [2.24, 2.45) is 0 Å². The van der Waals surface area contributed by atoms with Gasteiger partial charge in [-0.25, -0.2) is 8.42 Å². The maximum Gasteiger partial charge on any atom is 0.244 e. The van der Waals surface area contributed by atoms with Gasteiger partial charge in [0.2, 0.25) is 10.0 Å². The third-order valence-corrected chi connectivity index (χ3v) is 5.66. The predicted molar refractivity (Wildman–Crippen MR) is 77.8 cm³/mol. The summed E-state index contributed by atoms with van der Waals surface area (Å²) in [4.78, 5) is 0.352. The van der Waals surface area contributed by atoms with Gasteiger partial charge in [-0.15, -0.1) is 12.4 Å². The first-order valence-electron chi connectivity index (χ1n) is 5.49. The quantitative estimate of drug-likeness (QED) is 0.879. The Bertz CT molecular complexity index is 516. The van der Waals surface area contributed by atoms with Crippen molar-refractivity contribution in [2.75, 3.05) is 26.2 Å². The highest BCUT2D eigenvalue weighted by Gasteiger charge is 2.27. The molecule has 1 aromatic carbocycles. The topological polar surface area (TPSA) is 49.4 Å². The van der Waals surface area contributed by atoms with E-state index < -0.39 is 10.0 Å². The van der Waals surface area contributed by atoms with Crippen molar-refractivity contribution in [3.05, 3.63) is 28.2 Å². The zero-order valence-electron chi connectivity index (χ0n) is 10.0. The lowest BCUT2D eigenvalue weighted by Gasteiger charge is -2.27. The minimum absolute atomic E-state index is 0. The summed E-state index contributed by atoms with van der Waals surface area (Å²) in [5.41, 5.74) is 1.04. The summed E-state index contributed by atoms with van der Waals surface area (Å²) in [7, 11) is -3.36. The number of rotatable bonds is 2. The molecule has 0 unspecified atom stereocenters. The second-order valence-corrected chi connectivity index (χ2v) is 6.85. The van der Waals surface area contributed by atoms with Gasteiger partial charge < -0.3 is 5.32 Å². The molecule has 0 radical (unpaired) electrons. The van der Waals surface area contributed by atoms with Crippen LogP contribution in [0.1, 0.15) is 5.56 Å². The Morgan fingerprint density at radius 1 is 1.28 bits per heavy atom. The molecule has 102 valence electrons. The Morgan fingerprint density at radius 2 is 1.89 bits per heavy atom. The molecule has 1 saturated heterocycles. The Hall–Kier alpha value is -0.140. The fourth-order valence-corrected chi connectivity index (χ4v) is 4.43. The van der Waals surface area contributed by atoms with Crippen molar-refractivity contribution >= 4 is 38.4 Å². The van der Waals surface area contributed by atoms with Crippen molar-refractivity contribution in [3.8, 4) is 0 Å². The third kappa shape index (κ3) is 3.24. The maximum atomic E-state index is 12.4. The molecule has 1 N–H and O–H groups in total. The summed E-state index contributed by atoms with van der Waals surface area (Å²) in [5.74, 6) is 0. The van der Waals surface area contributed by atoms with Gasteiger partial charge in [0.25, 0.3) is 0 Å². The Morgan fingerprint density at radius 3 is 2.44 bits per heavy atom. The average Bonchev–Trinajstić information content (AvgIpc) is 2.29. The molecular weight excluding hydrogens is 340 g/mol. The molecule has 0 aromatic heterocycles. The molecule has 0 amide bonds. The minimum Gasteiger partial charge on any atom is -0.314 e. The fourth-order valence-electron chi connectivity index (χ4n) is 1.84. The van der Waals surface area contributed by atoms with Crippen molar-refractivity contribution in [3.63, 3.8) is 0 Å². The van der Waals surface area contributed by atoms with Gasteiger partial charge in [0, 0.05) is 30.7 Å². The molecule has 1 heterocycles. The Labute approximate surface area is 122 Å². The summed E-state index contributed by atoms with van der Waals surface area (Å²) < 4.78 is 26.9. The first kappa shape index (κ1) is 15.9. The molecule has 0 atom stereocenters. The largest absolute Gasteiger partial charge is 0.314 e. The summed E-state index contributed by atoms with van der Waals surface area (Å²) in [6.07, 6.45) is 0. The van der Waals surface area contributed by atoms with Crippen LogP contribution >= 0.6 is 28.3 Å². The normalized spacial score (nSPS) is 17.2. The molecule has 0 spiro atoms. The molecule has 0 aliphatic carbocycles. The van der Waals surface area contributed by atoms with Crippen molar-refractivity contribution in [2.45, 2.75) is 11.8 Å². The van der Waals surface area contributed by atoms with Crippen molar-refractivity contribution < 1.29 is 8.42 Å². The minimum atomic E-state index is -3.36. The van der Waals surface area contributed by atoms with Gasteiger partial charge in [-0.1, -0.05) is 6.07 Å². The number of benzene rings is 1. The zero-order chi connectivity index (χ0) is 12.5. The zero-order valence-corrected chi connectivity index (χ0v) is 13.2. The van der Waals surface area contributed by atoms with Crippen LogP contribution in [0.15, 0.2) is 27.6 Å². The van der Waals surface area contributed by atoms with Crippen LogP contribution in [0.3, 0.4) is 0 Å². The molecule has 1 aliphatic heterocycles. The first-order chi connectivity index (χ1) is 8.01. The fraction of sp³-hybridized carbons (Fsp3) is 0.455. The van der Waals surface area contributed by atoms with Gasteiger partial charge in [0.05, 0.1) is 4.90 Å². The smallest absolute Gasteiger partial charge is 0.244 e. The molecule has 1 aliphatic rings. The molecule has 1 fully saturated rings. The highest BCUT2D eigenvalue weighted by atomic mass is 79.9. The van der Waals surface area contributed by atoms with E-state index in [4.69, 9.17) is 0 Å². The lowest BCUT2D eigenvalue weighted by Crippen LogP contribution is -2.46. The summed E-state index contributed by atoms with van der Waals surface area (Å²) in [6, 6.07) is 5.31. The number of halogens is 2. The van der Waals surface area contributed by atoms with Crippen molar-refractivity contribution in [1.82, 2.24) is 9.62 Å². The molecule has 0 bridgehead atoms. The number of nitrogens with one attached hydrogen (secondary N) is 1. The Kier molecular flexibility index (Phi) is 5.61. The van der Waals surface area contributed by atoms with Crippen LogP contribution in [-0.4, -0.2) is 38.9 Å². The average molecular weight is 356 g/mol. The molecular formula is C11H16BrClN2O2S. The second-order valence-electron chi connectivity index (χ2n) is 4.09. The third-order valence-electron chi connectivity index (χ3n) is 2.78. The van der Waals surface area contributed by atoms with Crippen LogP contribution in [-0.2, 0) is 10.0 Å². The number of nitrogens with zero attached hydrogens (tertiary/aromatic N) is 1. The standard InChI is InChI=1S/C11H15BrN2O2S.ClH/c1-9-2-3-11(10(12)8-9)17(15,16)14-6-4-13-5-7-14;/h2-3,8,13H,4-7H2,1H3;1H. The molecule has 18 heavy (non-hydrogen) atoms. The van der Waals surface area contributed by atoms with E-state index in [-0.39, 0.29) is 12.4 Å². The van der Waals surface area contributed by atoms with Crippen LogP contribution in [0.25, 0.3) is 0 Å². The van der Waals surface area contributed by atoms with Gasteiger partial charge in [-0.05, 0) is 40.5 Å². The Balaban J connectivity index is 0.00000162. The van der Waals surface area contributed by atoms with Crippen LogP contribution in [0.4, 0.5) is 0 Å². The van der Waals surface area contributed by atoms with Crippen LogP contribution in [0.2, 0.25) is 0 Å². The first-order valence-corrected chi connectivity index (χ1v) is 7.72. The molecule has 7 heteroatoms. The van der Waals surface area contributed by atoms with Gasteiger partial charge >= 0.3 is 0 Å². The van der Waals surface area contributed by atoms with E-state index in [0.29, 0.717) is 35.5 Å².